The zero-order valence-corrected chi connectivity index (χ0v) is 16.9. The minimum atomic E-state index is -3.46. The number of hydrogen-bond acceptors (Lipinski definition) is 4. The van der Waals surface area contributed by atoms with Gasteiger partial charge in [0.2, 0.25) is 0 Å². The minimum Gasteiger partial charge on any atom is -0.361 e. The van der Waals surface area contributed by atoms with Crippen molar-refractivity contribution in [2.24, 2.45) is 5.41 Å². The number of sulfone groups is 1. The summed E-state index contributed by atoms with van der Waals surface area (Å²) in [6, 6.07) is 4.47. The Morgan fingerprint density at radius 3 is 2.65 bits per heavy atom. The number of carbonyl (C=O) groups is 1. The van der Waals surface area contributed by atoms with Gasteiger partial charge in [-0.2, -0.15) is 0 Å². The zero-order valence-electron chi connectivity index (χ0n) is 14.5. The lowest BCUT2D eigenvalue weighted by Crippen LogP contribution is -2.39. The molecular formula is C19H19BrFNO3S. The van der Waals surface area contributed by atoms with Crippen LogP contribution >= 0.6 is 15.9 Å². The number of allylic oxidation sites excluding steroid dienone is 4. The van der Waals surface area contributed by atoms with Crippen LogP contribution in [0.15, 0.2) is 44.5 Å². The third kappa shape index (κ3) is 2.59. The molecule has 26 heavy (non-hydrogen) atoms. The summed E-state index contributed by atoms with van der Waals surface area (Å²) in [5.41, 5.74) is 2.09. The predicted molar refractivity (Wildman–Crippen MR) is 100 cm³/mol. The maximum absolute atomic E-state index is 13.8. The van der Waals surface area contributed by atoms with Crippen LogP contribution < -0.4 is 5.32 Å². The molecule has 0 fully saturated rings. The summed E-state index contributed by atoms with van der Waals surface area (Å²) in [5, 5.41) is 3.24. The van der Waals surface area contributed by atoms with Gasteiger partial charge in [-0.25, -0.2) is 12.8 Å². The molecule has 0 bridgehead atoms. The highest BCUT2D eigenvalue weighted by atomic mass is 79.9. The molecule has 0 radical (unpaired) electrons. The van der Waals surface area contributed by atoms with Gasteiger partial charge in [0.1, 0.15) is 5.82 Å². The fraction of sp³-hybridized carbons (Fsp3) is 0.421. The van der Waals surface area contributed by atoms with Crippen LogP contribution in [-0.2, 0) is 14.6 Å². The first kappa shape index (κ1) is 17.9. The first-order chi connectivity index (χ1) is 12.1. The van der Waals surface area contributed by atoms with Gasteiger partial charge in [0, 0.05) is 28.8 Å². The molecular weight excluding hydrogens is 421 g/mol. The Morgan fingerprint density at radius 2 is 1.96 bits per heavy atom. The van der Waals surface area contributed by atoms with E-state index in [0.29, 0.717) is 36.1 Å². The average Bonchev–Trinajstić information content (AvgIpc) is 2.87. The molecule has 3 aliphatic rings. The maximum Gasteiger partial charge on any atom is 0.177 e. The Labute approximate surface area is 160 Å². The Hall–Kier alpha value is -1.47. The number of benzene rings is 1. The smallest absolute Gasteiger partial charge is 0.177 e. The van der Waals surface area contributed by atoms with E-state index in [4.69, 9.17) is 0 Å². The molecule has 0 spiro atoms. The lowest BCUT2D eigenvalue weighted by Gasteiger charge is -2.38. The number of halogens is 2. The van der Waals surface area contributed by atoms with Gasteiger partial charge in [-0.1, -0.05) is 19.9 Å². The molecule has 138 valence electrons. The van der Waals surface area contributed by atoms with Crippen LogP contribution in [-0.4, -0.2) is 20.0 Å². The van der Waals surface area contributed by atoms with Crippen molar-refractivity contribution < 1.29 is 17.6 Å². The van der Waals surface area contributed by atoms with Crippen molar-refractivity contribution in [3.05, 3.63) is 55.9 Å². The summed E-state index contributed by atoms with van der Waals surface area (Å²) < 4.78 is 39.5. The van der Waals surface area contributed by atoms with Crippen molar-refractivity contribution in [2.75, 3.05) is 5.75 Å². The number of hydrogen-bond donors (Lipinski definition) is 1. The molecule has 1 aromatic rings. The van der Waals surface area contributed by atoms with E-state index in [1.165, 1.54) is 6.07 Å². The molecule has 0 saturated heterocycles. The van der Waals surface area contributed by atoms with Crippen molar-refractivity contribution in [1.29, 1.82) is 0 Å². The first-order valence-electron chi connectivity index (χ1n) is 8.57. The van der Waals surface area contributed by atoms with Crippen LogP contribution in [0.4, 0.5) is 4.39 Å². The second-order valence-corrected chi connectivity index (χ2v) is 10.7. The third-order valence-electron chi connectivity index (χ3n) is 5.57. The fourth-order valence-corrected chi connectivity index (χ4v) is 6.31. The van der Waals surface area contributed by atoms with Crippen LogP contribution in [0.2, 0.25) is 0 Å². The van der Waals surface area contributed by atoms with Gasteiger partial charge in [0.25, 0.3) is 0 Å². The number of carbonyl (C=O) groups excluding carboxylic acids is 1. The Balaban J connectivity index is 1.97. The van der Waals surface area contributed by atoms with E-state index in [-0.39, 0.29) is 20.9 Å². The summed E-state index contributed by atoms with van der Waals surface area (Å²) in [6.07, 6.45) is 1.83. The summed E-state index contributed by atoms with van der Waals surface area (Å²) in [6.45, 7) is 3.79. The number of rotatable bonds is 1. The van der Waals surface area contributed by atoms with Gasteiger partial charge < -0.3 is 5.32 Å². The largest absolute Gasteiger partial charge is 0.361 e. The molecule has 1 aromatic carbocycles. The Bertz CT molecular complexity index is 1010. The standard InChI is InChI=1S/C19H19BrFNO3S/c1-19(2)7-5-13-16(18(19)23)15(10-3-4-12(21)11(20)9-10)17-14(22-13)6-8-26(17,24)25/h3-4,9,15,22H,5-8H2,1-2H3/t15-/m1/s1. The minimum absolute atomic E-state index is 0.0367. The van der Waals surface area contributed by atoms with Crippen LogP contribution in [0.5, 0.6) is 0 Å². The van der Waals surface area contributed by atoms with Gasteiger partial charge in [0.15, 0.2) is 15.6 Å². The highest BCUT2D eigenvalue weighted by molar-refractivity contribution is 9.10. The molecule has 1 N–H and O–H groups in total. The number of ketones is 1. The molecule has 2 aliphatic heterocycles. The van der Waals surface area contributed by atoms with Crippen molar-refractivity contribution >= 4 is 31.6 Å². The summed E-state index contributed by atoms with van der Waals surface area (Å²) in [4.78, 5) is 13.5. The molecule has 0 unspecified atom stereocenters. The highest BCUT2D eigenvalue weighted by Crippen LogP contribution is 2.50. The van der Waals surface area contributed by atoms with Crippen molar-refractivity contribution in [1.82, 2.24) is 5.32 Å². The second kappa shape index (κ2) is 5.76. The summed E-state index contributed by atoms with van der Waals surface area (Å²) in [7, 11) is -3.46. The molecule has 1 atom stereocenters. The summed E-state index contributed by atoms with van der Waals surface area (Å²) >= 11 is 3.18. The number of dihydropyridines is 1. The van der Waals surface area contributed by atoms with Crippen LogP contribution in [0, 0.1) is 11.2 Å². The van der Waals surface area contributed by atoms with E-state index in [2.05, 4.69) is 21.2 Å². The number of nitrogens with one attached hydrogen (secondary N) is 1. The van der Waals surface area contributed by atoms with Crippen molar-refractivity contribution in [3.63, 3.8) is 0 Å². The van der Waals surface area contributed by atoms with Crippen LogP contribution in [0.25, 0.3) is 0 Å². The molecule has 1 aliphatic carbocycles. The summed E-state index contributed by atoms with van der Waals surface area (Å²) in [5.74, 6) is -1.08. The monoisotopic (exact) mass is 439 g/mol. The van der Waals surface area contributed by atoms with E-state index in [1.54, 1.807) is 12.1 Å². The normalized spacial score (nSPS) is 26.5. The fourth-order valence-electron chi connectivity index (χ4n) is 4.08. The third-order valence-corrected chi connectivity index (χ3v) is 8.07. The molecule has 0 aromatic heterocycles. The molecule has 4 nitrogen and oxygen atoms in total. The van der Waals surface area contributed by atoms with E-state index in [1.807, 2.05) is 13.8 Å². The van der Waals surface area contributed by atoms with Gasteiger partial charge >= 0.3 is 0 Å². The number of Topliss-reactive ketones (excluding diaryl/α,β-unsaturated/α-hetero) is 1. The average molecular weight is 440 g/mol. The predicted octanol–water partition coefficient (Wildman–Crippen LogP) is 3.95. The Morgan fingerprint density at radius 1 is 1.23 bits per heavy atom. The lowest BCUT2D eigenvalue weighted by molar-refractivity contribution is -0.124. The molecule has 2 heterocycles. The van der Waals surface area contributed by atoms with Crippen molar-refractivity contribution in [2.45, 2.75) is 39.0 Å². The van der Waals surface area contributed by atoms with Gasteiger partial charge in [-0.3, -0.25) is 4.79 Å². The topological polar surface area (TPSA) is 63.2 Å². The van der Waals surface area contributed by atoms with Gasteiger partial charge in [-0.05, 0) is 46.5 Å². The van der Waals surface area contributed by atoms with Crippen LogP contribution in [0.1, 0.15) is 44.6 Å². The van der Waals surface area contributed by atoms with E-state index in [0.717, 1.165) is 5.70 Å². The maximum atomic E-state index is 13.8. The van der Waals surface area contributed by atoms with Gasteiger partial charge in [-0.15, -0.1) is 0 Å². The van der Waals surface area contributed by atoms with E-state index in [9.17, 15) is 17.6 Å². The lowest BCUT2D eigenvalue weighted by atomic mass is 9.69. The van der Waals surface area contributed by atoms with E-state index >= 15 is 0 Å². The quantitative estimate of drug-likeness (QED) is 0.719. The Kier molecular flexibility index (Phi) is 3.97. The second-order valence-electron chi connectivity index (χ2n) is 7.75. The zero-order chi connectivity index (χ0) is 18.9. The van der Waals surface area contributed by atoms with E-state index < -0.39 is 27.0 Å². The molecule has 7 heteroatoms. The van der Waals surface area contributed by atoms with Crippen LogP contribution in [0.3, 0.4) is 0 Å². The van der Waals surface area contributed by atoms with Gasteiger partial charge in [0.05, 0.1) is 21.0 Å². The first-order valence-corrected chi connectivity index (χ1v) is 11.0. The highest BCUT2D eigenvalue weighted by Gasteiger charge is 2.48. The van der Waals surface area contributed by atoms with Crippen molar-refractivity contribution in [3.8, 4) is 0 Å². The molecule has 4 rings (SSSR count). The molecule has 0 saturated carbocycles. The SMILES string of the molecule is CC1(C)CCC2=C(C1=O)[C@@H](c1ccc(F)c(Br)c1)C1=C(CCS1(=O)=O)N2. The molecule has 0 amide bonds.